The smallest absolute Gasteiger partial charge is 0.163 e. The zero-order valence-electron chi connectivity index (χ0n) is 7.09. The molecule has 0 aliphatic heterocycles. The van der Waals surface area contributed by atoms with Crippen LogP contribution in [0.15, 0.2) is 24.3 Å². The summed E-state index contributed by atoms with van der Waals surface area (Å²) >= 11 is 5.70. The molecule has 3 heteroatoms. The molecule has 0 bridgehead atoms. The Bertz CT molecular complexity index is 299. The van der Waals surface area contributed by atoms with Gasteiger partial charge in [0.2, 0.25) is 0 Å². The van der Waals surface area contributed by atoms with Gasteiger partial charge >= 0.3 is 0 Å². The number of alkyl halides is 1. The highest BCUT2D eigenvalue weighted by atomic mass is 35.5. The summed E-state index contributed by atoms with van der Waals surface area (Å²) in [5.74, 6) is -0.0554. The van der Waals surface area contributed by atoms with Gasteiger partial charge in [-0.2, -0.15) is 0 Å². The topological polar surface area (TPSA) is 17.1 Å². The van der Waals surface area contributed by atoms with Crippen molar-refractivity contribution in [2.45, 2.75) is 12.8 Å². The number of ketones is 1. The van der Waals surface area contributed by atoms with E-state index in [2.05, 4.69) is 0 Å². The summed E-state index contributed by atoms with van der Waals surface area (Å²) in [5, 5.41) is 0.533. The maximum absolute atomic E-state index is 11.8. The van der Waals surface area contributed by atoms with E-state index in [4.69, 9.17) is 11.6 Å². The molecule has 0 aliphatic rings. The van der Waals surface area contributed by atoms with E-state index in [9.17, 15) is 9.18 Å². The van der Waals surface area contributed by atoms with Crippen LogP contribution < -0.4 is 0 Å². The van der Waals surface area contributed by atoms with E-state index in [-0.39, 0.29) is 18.6 Å². The minimum Gasteiger partial charge on any atom is -0.294 e. The van der Waals surface area contributed by atoms with E-state index in [1.165, 1.54) is 0 Å². The van der Waals surface area contributed by atoms with Gasteiger partial charge in [-0.25, -0.2) is 0 Å². The van der Waals surface area contributed by atoms with E-state index in [0.29, 0.717) is 10.6 Å². The molecular formula is C10H10ClFO. The summed E-state index contributed by atoms with van der Waals surface area (Å²) in [6, 6.07) is 6.70. The Hall–Kier alpha value is -0.890. The van der Waals surface area contributed by atoms with Crippen molar-refractivity contribution in [3.05, 3.63) is 34.9 Å². The molecule has 0 saturated carbocycles. The number of benzene rings is 1. The Morgan fingerprint density at radius 2 is 2.23 bits per heavy atom. The monoisotopic (exact) mass is 200 g/mol. The summed E-state index contributed by atoms with van der Waals surface area (Å²) in [6.07, 6.45) is 0.530. The van der Waals surface area contributed by atoms with Crippen LogP contribution in [0.4, 0.5) is 4.39 Å². The van der Waals surface area contributed by atoms with Crippen molar-refractivity contribution < 1.29 is 9.18 Å². The predicted molar refractivity (Wildman–Crippen MR) is 51.0 cm³/mol. The molecule has 0 heterocycles. The Balaban J connectivity index is 2.66. The summed E-state index contributed by atoms with van der Waals surface area (Å²) in [5.41, 5.74) is 0.556. The zero-order valence-corrected chi connectivity index (χ0v) is 7.85. The molecule has 0 N–H and O–H groups in total. The molecule has 0 aromatic heterocycles. The number of hydrogen-bond acceptors (Lipinski definition) is 1. The fraction of sp³-hybridized carbons (Fsp3) is 0.300. The van der Waals surface area contributed by atoms with Gasteiger partial charge < -0.3 is 0 Å². The van der Waals surface area contributed by atoms with Gasteiger partial charge in [0, 0.05) is 17.0 Å². The molecule has 70 valence electrons. The number of carbonyl (C=O) groups is 1. The van der Waals surface area contributed by atoms with E-state index in [1.807, 2.05) is 0 Å². The maximum Gasteiger partial charge on any atom is 0.163 e. The van der Waals surface area contributed by atoms with Crippen LogP contribution in [0, 0.1) is 0 Å². The summed E-state index contributed by atoms with van der Waals surface area (Å²) in [4.78, 5) is 11.3. The molecule has 0 unspecified atom stereocenters. The first kappa shape index (κ1) is 10.2. The first-order chi connectivity index (χ1) is 6.24. The molecule has 0 amide bonds. The van der Waals surface area contributed by atoms with Gasteiger partial charge in [-0.05, 0) is 18.6 Å². The Labute approximate surface area is 81.5 Å². The van der Waals surface area contributed by atoms with E-state index >= 15 is 0 Å². The highest BCUT2D eigenvalue weighted by Gasteiger charge is 2.04. The number of hydrogen-bond donors (Lipinski definition) is 0. The van der Waals surface area contributed by atoms with Crippen LogP contribution in [0.5, 0.6) is 0 Å². The zero-order chi connectivity index (χ0) is 9.68. The lowest BCUT2D eigenvalue weighted by Crippen LogP contribution is -1.98. The molecule has 1 rings (SSSR count). The van der Waals surface area contributed by atoms with Gasteiger partial charge in [0.1, 0.15) is 0 Å². The second kappa shape index (κ2) is 4.97. The number of rotatable bonds is 4. The highest BCUT2D eigenvalue weighted by molar-refractivity contribution is 6.31. The van der Waals surface area contributed by atoms with Gasteiger partial charge in [0.25, 0.3) is 0 Å². The van der Waals surface area contributed by atoms with E-state index in [1.54, 1.807) is 24.3 Å². The van der Waals surface area contributed by atoms with Crippen LogP contribution >= 0.6 is 11.6 Å². The summed E-state index contributed by atoms with van der Waals surface area (Å²) in [7, 11) is 0. The lowest BCUT2D eigenvalue weighted by atomic mass is 10.1. The van der Waals surface area contributed by atoms with Crippen molar-refractivity contribution in [2.75, 3.05) is 6.67 Å². The maximum atomic E-state index is 11.8. The van der Waals surface area contributed by atoms with Crippen LogP contribution in [0.3, 0.4) is 0 Å². The first-order valence-electron chi connectivity index (χ1n) is 4.09. The number of Topliss-reactive ketones (excluding diaryl/α,β-unsaturated/α-hetero) is 1. The third kappa shape index (κ3) is 3.15. The second-order valence-corrected chi connectivity index (χ2v) is 3.16. The van der Waals surface area contributed by atoms with Gasteiger partial charge in [0.15, 0.2) is 5.78 Å². The largest absolute Gasteiger partial charge is 0.294 e. The lowest BCUT2D eigenvalue weighted by molar-refractivity contribution is 0.0977. The molecule has 1 nitrogen and oxygen atoms in total. The third-order valence-electron chi connectivity index (χ3n) is 1.68. The minimum absolute atomic E-state index is 0.0554. The first-order valence-corrected chi connectivity index (χ1v) is 4.46. The lowest BCUT2D eigenvalue weighted by Gasteiger charge is -1.99. The van der Waals surface area contributed by atoms with Crippen molar-refractivity contribution in [3.63, 3.8) is 0 Å². The Kier molecular flexibility index (Phi) is 3.90. The van der Waals surface area contributed by atoms with Crippen LogP contribution in [0.25, 0.3) is 0 Å². The quantitative estimate of drug-likeness (QED) is 0.682. The SMILES string of the molecule is O=C(CCCF)c1cccc(Cl)c1. The van der Waals surface area contributed by atoms with Crippen LogP contribution in [-0.4, -0.2) is 12.5 Å². The normalized spacial score (nSPS) is 10.0. The van der Waals surface area contributed by atoms with Gasteiger partial charge in [0.05, 0.1) is 6.67 Å². The molecule has 1 aromatic carbocycles. The standard InChI is InChI=1S/C10H10ClFO/c11-9-4-1-3-8(7-9)10(13)5-2-6-12/h1,3-4,7H,2,5-6H2. The molecule has 0 aliphatic carbocycles. The molecule has 1 aromatic rings. The van der Waals surface area contributed by atoms with Crippen molar-refractivity contribution in [3.8, 4) is 0 Å². The van der Waals surface area contributed by atoms with E-state index in [0.717, 1.165) is 0 Å². The fourth-order valence-electron chi connectivity index (χ4n) is 1.03. The van der Waals surface area contributed by atoms with Gasteiger partial charge in [-0.15, -0.1) is 0 Å². The third-order valence-corrected chi connectivity index (χ3v) is 1.92. The van der Waals surface area contributed by atoms with Crippen molar-refractivity contribution in [1.82, 2.24) is 0 Å². The molecular weight excluding hydrogens is 191 g/mol. The van der Waals surface area contributed by atoms with Crippen molar-refractivity contribution in [2.24, 2.45) is 0 Å². The molecule has 0 atom stereocenters. The number of halogens is 2. The second-order valence-electron chi connectivity index (χ2n) is 2.73. The van der Waals surface area contributed by atoms with Crippen LogP contribution in [0.2, 0.25) is 5.02 Å². The average Bonchev–Trinajstić information content (AvgIpc) is 2.14. The predicted octanol–water partition coefficient (Wildman–Crippen LogP) is 3.27. The average molecular weight is 201 g/mol. The fourth-order valence-corrected chi connectivity index (χ4v) is 1.22. The Morgan fingerprint density at radius 3 is 2.85 bits per heavy atom. The molecule has 0 spiro atoms. The van der Waals surface area contributed by atoms with Crippen LogP contribution in [0.1, 0.15) is 23.2 Å². The molecule has 0 saturated heterocycles. The number of carbonyl (C=O) groups excluding carboxylic acids is 1. The molecule has 0 radical (unpaired) electrons. The summed E-state index contributed by atoms with van der Waals surface area (Å²) in [6.45, 7) is -0.452. The summed E-state index contributed by atoms with van der Waals surface area (Å²) < 4.78 is 11.8. The van der Waals surface area contributed by atoms with E-state index < -0.39 is 6.67 Å². The molecule has 13 heavy (non-hydrogen) atoms. The van der Waals surface area contributed by atoms with Gasteiger partial charge in [-0.1, -0.05) is 23.7 Å². The highest BCUT2D eigenvalue weighted by Crippen LogP contribution is 2.12. The minimum atomic E-state index is -0.452. The van der Waals surface area contributed by atoms with Crippen LogP contribution in [-0.2, 0) is 0 Å². The Morgan fingerprint density at radius 1 is 1.46 bits per heavy atom. The molecule has 0 fully saturated rings. The van der Waals surface area contributed by atoms with Gasteiger partial charge in [-0.3, -0.25) is 9.18 Å². The van der Waals surface area contributed by atoms with Crippen molar-refractivity contribution in [1.29, 1.82) is 0 Å². The van der Waals surface area contributed by atoms with Crippen molar-refractivity contribution >= 4 is 17.4 Å².